The molecule has 0 unspecified atom stereocenters. The molecule has 2 rings (SSSR count). The van der Waals surface area contributed by atoms with E-state index in [0.29, 0.717) is 24.2 Å². The van der Waals surface area contributed by atoms with Crippen LogP contribution in [0.3, 0.4) is 0 Å². The van der Waals surface area contributed by atoms with E-state index < -0.39 is 10.0 Å². The number of rotatable bonds is 4. The summed E-state index contributed by atoms with van der Waals surface area (Å²) in [5.74, 6) is -0.168. The van der Waals surface area contributed by atoms with Gasteiger partial charge >= 0.3 is 0 Å². The molecule has 112 valence electrons. The summed E-state index contributed by atoms with van der Waals surface area (Å²) in [6.07, 6.45) is 0.823. The summed E-state index contributed by atoms with van der Waals surface area (Å²) in [4.78, 5) is 12.1. The number of nitrogens with one attached hydrogen (secondary N) is 1. The van der Waals surface area contributed by atoms with E-state index in [9.17, 15) is 13.2 Å². The molecule has 1 fully saturated rings. The lowest BCUT2D eigenvalue weighted by molar-refractivity contribution is 0.0941. The second-order valence-electron chi connectivity index (χ2n) is 5.03. The van der Waals surface area contributed by atoms with Crippen LogP contribution in [0, 0.1) is 11.3 Å². The zero-order chi connectivity index (χ0) is 15.5. The largest absolute Gasteiger partial charge is 0.349 e. The molecule has 1 aromatic rings. The van der Waals surface area contributed by atoms with E-state index in [1.165, 1.54) is 4.31 Å². The Morgan fingerprint density at radius 2 is 2.29 bits per heavy atom. The van der Waals surface area contributed by atoms with Gasteiger partial charge in [-0.1, -0.05) is 6.07 Å². The number of nitrogens with zero attached hydrogens (tertiary/aromatic N) is 2. The third-order valence-electron chi connectivity index (χ3n) is 3.27. The average Bonchev–Trinajstić information content (AvgIpc) is 2.78. The predicted molar refractivity (Wildman–Crippen MR) is 79.4 cm³/mol. The number of carbonyl (C=O) groups excluding carboxylic acids is 1. The minimum atomic E-state index is -3.26. The van der Waals surface area contributed by atoms with Crippen LogP contribution in [0.2, 0.25) is 0 Å². The van der Waals surface area contributed by atoms with E-state index >= 15 is 0 Å². The molecule has 1 atom stereocenters. The van der Waals surface area contributed by atoms with E-state index in [1.807, 2.05) is 6.07 Å². The first-order chi connectivity index (χ1) is 9.94. The standard InChI is InChI=1S/C14H17N3O3S/c1-11(6-7-15)16-14(18)12-4-2-5-13(10-12)17-8-3-9-21(17,19)20/h2,4-5,10-11H,3,6,8-9H2,1H3,(H,16,18)/t11-/m1/s1. The van der Waals surface area contributed by atoms with Crippen LogP contribution >= 0.6 is 0 Å². The van der Waals surface area contributed by atoms with Crippen LogP contribution in [0.15, 0.2) is 24.3 Å². The maximum Gasteiger partial charge on any atom is 0.251 e. The summed E-state index contributed by atoms with van der Waals surface area (Å²) in [5, 5.41) is 11.3. The summed E-state index contributed by atoms with van der Waals surface area (Å²) in [6, 6.07) is 8.27. The van der Waals surface area contributed by atoms with Crippen molar-refractivity contribution < 1.29 is 13.2 Å². The second kappa shape index (κ2) is 6.14. The number of sulfonamides is 1. The first-order valence-electron chi connectivity index (χ1n) is 6.72. The van der Waals surface area contributed by atoms with Gasteiger partial charge in [0.15, 0.2) is 0 Å². The number of benzene rings is 1. The maximum absolute atomic E-state index is 12.1. The zero-order valence-electron chi connectivity index (χ0n) is 11.7. The number of amides is 1. The van der Waals surface area contributed by atoms with Gasteiger partial charge in [0.1, 0.15) is 0 Å². The molecule has 0 aromatic heterocycles. The minimum Gasteiger partial charge on any atom is -0.349 e. The van der Waals surface area contributed by atoms with Gasteiger partial charge in [0.25, 0.3) is 5.91 Å². The van der Waals surface area contributed by atoms with Crippen LogP contribution in [-0.4, -0.2) is 32.7 Å². The van der Waals surface area contributed by atoms with Crippen LogP contribution < -0.4 is 9.62 Å². The number of carbonyl (C=O) groups is 1. The summed E-state index contributed by atoms with van der Waals surface area (Å²) >= 11 is 0. The summed E-state index contributed by atoms with van der Waals surface area (Å²) in [6.45, 7) is 2.19. The first kappa shape index (κ1) is 15.3. The normalized spacial score (nSPS) is 18.0. The van der Waals surface area contributed by atoms with Crippen molar-refractivity contribution in [2.24, 2.45) is 0 Å². The van der Waals surface area contributed by atoms with Gasteiger partial charge in [-0.2, -0.15) is 5.26 Å². The average molecular weight is 307 g/mol. The molecule has 6 nitrogen and oxygen atoms in total. The van der Waals surface area contributed by atoms with Crippen molar-refractivity contribution in [1.29, 1.82) is 5.26 Å². The number of anilines is 1. The fraction of sp³-hybridized carbons (Fsp3) is 0.429. The monoisotopic (exact) mass is 307 g/mol. The Labute approximate surface area is 124 Å². The number of nitriles is 1. The van der Waals surface area contributed by atoms with Gasteiger partial charge in [0, 0.05) is 18.2 Å². The van der Waals surface area contributed by atoms with Gasteiger partial charge in [0.05, 0.1) is 23.9 Å². The highest BCUT2D eigenvalue weighted by Crippen LogP contribution is 2.24. The van der Waals surface area contributed by atoms with Crippen molar-refractivity contribution in [3.63, 3.8) is 0 Å². The Hall–Kier alpha value is -2.07. The van der Waals surface area contributed by atoms with Gasteiger partial charge in [0.2, 0.25) is 10.0 Å². The first-order valence-corrected chi connectivity index (χ1v) is 8.33. The smallest absolute Gasteiger partial charge is 0.251 e. The van der Waals surface area contributed by atoms with E-state index in [0.717, 1.165) is 0 Å². The zero-order valence-corrected chi connectivity index (χ0v) is 12.6. The van der Waals surface area contributed by atoms with Crippen LogP contribution in [0.1, 0.15) is 30.1 Å². The highest BCUT2D eigenvalue weighted by molar-refractivity contribution is 7.93. The van der Waals surface area contributed by atoms with Crippen LogP contribution in [0.5, 0.6) is 0 Å². The minimum absolute atomic E-state index is 0.141. The fourth-order valence-corrected chi connectivity index (χ4v) is 3.78. The molecule has 0 radical (unpaired) electrons. The van der Waals surface area contributed by atoms with Gasteiger partial charge in [-0.3, -0.25) is 9.10 Å². The lowest BCUT2D eigenvalue weighted by atomic mass is 10.1. The van der Waals surface area contributed by atoms with Crippen molar-refractivity contribution in [2.45, 2.75) is 25.8 Å². The van der Waals surface area contributed by atoms with E-state index in [1.54, 1.807) is 31.2 Å². The molecule has 0 saturated carbocycles. The van der Waals surface area contributed by atoms with Crippen molar-refractivity contribution in [3.8, 4) is 6.07 Å². The topological polar surface area (TPSA) is 90.3 Å². The molecular formula is C14H17N3O3S. The van der Waals surface area contributed by atoms with E-state index in [2.05, 4.69) is 5.32 Å². The third kappa shape index (κ3) is 3.52. The molecule has 1 saturated heterocycles. The Balaban J connectivity index is 2.18. The molecule has 1 aliphatic heterocycles. The van der Waals surface area contributed by atoms with Gasteiger partial charge in [-0.05, 0) is 31.5 Å². The third-order valence-corrected chi connectivity index (χ3v) is 5.14. The molecular weight excluding hydrogens is 290 g/mol. The number of hydrogen-bond acceptors (Lipinski definition) is 4. The summed E-state index contributed by atoms with van der Waals surface area (Å²) < 4.78 is 25.1. The molecule has 21 heavy (non-hydrogen) atoms. The molecule has 1 heterocycles. The van der Waals surface area contributed by atoms with Gasteiger partial charge in [-0.25, -0.2) is 8.42 Å². The van der Waals surface area contributed by atoms with Crippen LogP contribution in [0.4, 0.5) is 5.69 Å². The Kier molecular flexibility index (Phi) is 4.48. The van der Waals surface area contributed by atoms with Crippen LogP contribution in [-0.2, 0) is 10.0 Å². The van der Waals surface area contributed by atoms with Crippen molar-refractivity contribution in [3.05, 3.63) is 29.8 Å². The van der Waals surface area contributed by atoms with Crippen molar-refractivity contribution in [1.82, 2.24) is 5.32 Å². The summed E-state index contributed by atoms with van der Waals surface area (Å²) in [7, 11) is -3.26. The van der Waals surface area contributed by atoms with E-state index in [-0.39, 0.29) is 24.1 Å². The molecule has 1 aromatic carbocycles. The quantitative estimate of drug-likeness (QED) is 0.906. The summed E-state index contributed by atoms with van der Waals surface area (Å²) in [5.41, 5.74) is 0.896. The van der Waals surface area contributed by atoms with Crippen LogP contribution in [0.25, 0.3) is 0 Å². The molecule has 0 bridgehead atoms. The molecule has 0 aliphatic carbocycles. The molecule has 0 spiro atoms. The maximum atomic E-state index is 12.1. The SMILES string of the molecule is C[C@H](CC#N)NC(=O)c1cccc(N2CCCS2(=O)=O)c1. The molecule has 7 heteroatoms. The molecule has 1 amide bonds. The Morgan fingerprint density at radius 1 is 1.52 bits per heavy atom. The highest BCUT2D eigenvalue weighted by Gasteiger charge is 2.28. The predicted octanol–water partition coefficient (Wildman–Crippen LogP) is 1.26. The van der Waals surface area contributed by atoms with Gasteiger partial charge in [-0.15, -0.1) is 0 Å². The molecule has 1 N–H and O–H groups in total. The number of hydrogen-bond donors (Lipinski definition) is 1. The second-order valence-corrected chi connectivity index (χ2v) is 7.04. The highest BCUT2D eigenvalue weighted by atomic mass is 32.2. The van der Waals surface area contributed by atoms with E-state index in [4.69, 9.17) is 5.26 Å². The Bertz CT molecular complexity index is 679. The van der Waals surface area contributed by atoms with Crippen molar-refractivity contribution in [2.75, 3.05) is 16.6 Å². The van der Waals surface area contributed by atoms with Crippen molar-refractivity contribution >= 4 is 21.6 Å². The lowest BCUT2D eigenvalue weighted by Gasteiger charge is -2.18. The fourth-order valence-electron chi connectivity index (χ4n) is 2.23. The lowest BCUT2D eigenvalue weighted by Crippen LogP contribution is -2.32. The molecule has 1 aliphatic rings. The Morgan fingerprint density at radius 3 is 2.90 bits per heavy atom. The van der Waals surface area contributed by atoms with Gasteiger partial charge < -0.3 is 5.32 Å².